The number of thiazole rings is 1. The van der Waals surface area contributed by atoms with Gasteiger partial charge in [0.1, 0.15) is 5.76 Å². The SMILES string of the molecule is Cc1cc(NC(=O)CSCC(=O)N=c2sc3cc(Cl)ccc3n2C)no1. The molecule has 0 aliphatic rings. The van der Waals surface area contributed by atoms with Crippen LogP contribution in [0.3, 0.4) is 0 Å². The Hall–Kier alpha value is -2.10. The lowest BCUT2D eigenvalue weighted by molar-refractivity contribution is -0.115. The Morgan fingerprint density at radius 1 is 1.38 bits per heavy atom. The van der Waals surface area contributed by atoms with E-state index in [4.69, 9.17) is 16.1 Å². The van der Waals surface area contributed by atoms with E-state index in [1.807, 2.05) is 23.7 Å². The summed E-state index contributed by atoms with van der Waals surface area (Å²) in [5.41, 5.74) is 0.959. The number of benzene rings is 1. The quantitative estimate of drug-likeness (QED) is 0.698. The highest BCUT2D eigenvalue weighted by Crippen LogP contribution is 2.21. The van der Waals surface area contributed by atoms with Crippen LogP contribution in [0.25, 0.3) is 10.2 Å². The van der Waals surface area contributed by atoms with Gasteiger partial charge in [-0.15, -0.1) is 11.8 Å². The first-order valence-corrected chi connectivity index (χ1v) is 9.91. The molecule has 0 aliphatic carbocycles. The number of carbonyl (C=O) groups is 2. The van der Waals surface area contributed by atoms with Gasteiger partial charge in [-0.25, -0.2) is 0 Å². The lowest BCUT2D eigenvalue weighted by atomic mass is 10.3. The van der Waals surface area contributed by atoms with Crippen LogP contribution in [-0.2, 0) is 16.6 Å². The van der Waals surface area contributed by atoms with Crippen LogP contribution in [0.5, 0.6) is 0 Å². The van der Waals surface area contributed by atoms with Crippen LogP contribution in [-0.4, -0.2) is 33.0 Å². The van der Waals surface area contributed by atoms with Crippen molar-refractivity contribution in [3.05, 3.63) is 39.8 Å². The minimum Gasteiger partial charge on any atom is -0.360 e. The smallest absolute Gasteiger partial charge is 0.258 e. The lowest BCUT2D eigenvalue weighted by Gasteiger charge is -1.99. The van der Waals surface area contributed by atoms with Crippen LogP contribution in [0.15, 0.2) is 33.8 Å². The molecule has 26 heavy (non-hydrogen) atoms. The number of anilines is 1. The van der Waals surface area contributed by atoms with Gasteiger partial charge < -0.3 is 14.4 Å². The van der Waals surface area contributed by atoms with Gasteiger partial charge in [0.25, 0.3) is 5.91 Å². The zero-order chi connectivity index (χ0) is 18.7. The summed E-state index contributed by atoms with van der Waals surface area (Å²) in [6.07, 6.45) is 0. The molecule has 2 aromatic heterocycles. The zero-order valence-corrected chi connectivity index (χ0v) is 16.4. The average molecular weight is 411 g/mol. The molecule has 10 heteroatoms. The van der Waals surface area contributed by atoms with Crippen LogP contribution in [0.4, 0.5) is 5.82 Å². The Labute approximate surface area is 162 Å². The molecule has 0 fully saturated rings. The van der Waals surface area contributed by atoms with Crippen LogP contribution in [0.2, 0.25) is 5.02 Å². The molecule has 0 radical (unpaired) electrons. The number of carbonyl (C=O) groups excluding carboxylic acids is 2. The Kier molecular flexibility index (Phi) is 5.80. The maximum absolute atomic E-state index is 12.1. The molecule has 7 nitrogen and oxygen atoms in total. The molecule has 2 amide bonds. The minimum atomic E-state index is -0.298. The highest BCUT2D eigenvalue weighted by atomic mass is 35.5. The third-order valence-corrected chi connectivity index (χ3v) is 5.59. The first-order valence-electron chi connectivity index (χ1n) is 7.56. The number of hydrogen-bond donors (Lipinski definition) is 1. The molecular weight excluding hydrogens is 396 g/mol. The second-order valence-electron chi connectivity index (χ2n) is 5.43. The molecule has 2 heterocycles. The van der Waals surface area contributed by atoms with E-state index in [0.717, 1.165) is 10.2 Å². The van der Waals surface area contributed by atoms with Gasteiger partial charge >= 0.3 is 0 Å². The topological polar surface area (TPSA) is 89.5 Å². The number of fused-ring (bicyclic) bond motifs is 1. The van der Waals surface area contributed by atoms with Crippen molar-refractivity contribution in [2.45, 2.75) is 6.92 Å². The molecule has 0 aliphatic heterocycles. The van der Waals surface area contributed by atoms with Crippen LogP contribution in [0, 0.1) is 6.92 Å². The number of aromatic nitrogens is 2. The fourth-order valence-corrected chi connectivity index (χ4v) is 4.10. The van der Waals surface area contributed by atoms with Crippen molar-refractivity contribution in [2.75, 3.05) is 16.8 Å². The highest BCUT2D eigenvalue weighted by Gasteiger charge is 2.09. The van der Waals surface area contributed by atoms with Crippen molar-refractivity contribution < 1.29 is 14.1 Å². The molecule has 3 aromatic rings. The Bertz CT molecular complexity index is 1040. The monoisotopic (exact) mass is 410 g/mol. The zero-order valence-electron chi connectivity index (χ0n) is 14.0. The van der Waals surface area contributed by atoms with Gasteiger partial charge in [-0.05, 0) is 25.1 Å². The van der Waals surface area contributed by atoms with Crippen LogP contribution in [0.1, 0.15) is 5.76 Å². The maximum Gasteiger partial charge on any atom is 0.258 e. The van der Waals surface area contributed by atoms with Crippen molar-refractivity contribution in [3.63, 3.8) is 0 Å². The van der Waals surface area contributed by atoms with Gasteiger partial charge in [-0.3, -0.25) is 9.59 Å². The van der Waals surface area contributed by atoms with E-state index in [1.54, 1.807) is 19.1 Å². The molecule has 3 rings (SSSR count). The number of amides is 2. The van der Waals surface area contributed by atoms with Crippen molar-refractivity contribution >= 4 is 62.5 Å². The Balaban J connectivity index is 1.58. The van der Waals surface area contributed by atoms with Gasteiger partial charge in [-0.1, -0.05) is 28.1 Å². The van der Waals surface area contributed by atoms with E-state index in [1.165, 1.54) is 23.1 Å². The summed E-state index contributed by atoms with van der Waals surface area (Å²) in [5.74, 6) is 0.660. The van der Waals surface area contributed by atoms with E-state index in [-0.39, 0.29) is 23.3 Å². The molecular formula is C16H15ClN4O3S2. The third kappa shape index (κ3) is 4.54. The minimum absolute atomic E-state index is 0.111. The molecule has 0 unspecified atom stereocenters. The van der Waals surface area contributed by atoms with Gasteiger partial charge in [0, 0.05) is 18.1 Å². The van der Waals surface area contributed by atoms with E-state index >= 15 is 0 Å². The second-order valence-corrected chi connectivity index (χ2v) is 7.86. The molecule has 1 N–H and O–H groups in total. The average Bonchev–Trinajstić information content (AvgIpc) is 3.11. The summed E-state index contributed by atoms with van der Waals surface area (Å²) < 4.78 is 7.67. The number of thioether (sulfide) groups is 1. The summed E-state index contributed by atoms with van der Waals surface area (Å²) in [5, 5.41) is 6.92. The Morgan fingerprint density at radius 3 is 2.92 bits per heavy atom. The molecule has 0 spiro atoms. The predicted molar refractivity (Wildman–Crippen MR) is 104 cm³/mol. The van der Waals surface area contributed by atoms with Gasteiger partial charge in [0.2, 0.25) is 5.91 Å². The van der Waals surface area contributed by atoms with Crippen molar-refractivity contribution in [3.8, 4) is 0 Å². The van der Waals surface area contributed by atoms with E-state index in [9.17, 15) is 9.59 Å². The number of halogens is 1. The Morgan fingerprint density at radius 2 is 2.19 bits per heavy atom. The van der Waals surface area contributed by atoms with E-state index in [2.05, 4.69) is 15.5 Å². The summed E-state index contributed by atoms with van der Waals surface area (Å²) >= 11 is 8.58. The molecule has 1 aromatic carbocycles. The largest absolute Gasteiger partial charge is 0.360 e. The van der Waals surface area contributed by atoms with Crippen LogP contribution < -0.4 is 10.1 Å². The molecule has 136 valence electrons. The van der Waals surface area contributed by atoms with Gasteiger partial charge in [0.05, 0.1) is 21.7 Å². The number of aryl methyl sites for hydroxylation is 2. The fraction of sp³-hybridized carbons (Fsp3) is 0.250. The second kappa shape index (κ2) is 8.07. The highest BCUT2D eigenvalue weighted by molar-refractivity contribution is 8.00. The van der Waals surface area contributed by atoms with E-state index < -0.39 is 0 Å². The maximum atomic E-state index is 12.1. The molecule has 0 saturated heterocycles. The number of hydrogen-bond acceptors (Lipinski definition) is 6. The van der Waals surface area contributed by atoms with Crippen LogP contribution >= 0.6 is 34.7 Å². The van der Waals surface area contributed by atoms with Crippen molar-refractivity contribution in [1.82, 2.24) is 9.72 Å². The molecule has 0 bridgehead atoms. The van der Waals surface area contributed by atoms with Gasteiger partial charge in [0.15, 0.2) is 10.6 Å². The fourth-order valence-electron chi connectivity index (χ4n) is 2.19. The summed E-state index contributed by atoms with van der Waals surface area (Å²) in [4.78, 5) is 28.6. The van der Waals surface area contributed by atoms with Crippen molar-refractivity contribution in [2.24, 2.45) is 12.0 Å². The normalized spacial score (nSPS) is 11.9. The number of nitrogens with one attached hydrogen (secondary N) is 1. The predicted octanol–water partition coefficient (Wildman–Crippen LogP) is 2.99. The summed E-state index contributed by atoms with van der Waals surface area (Å²) in [7, 11) is 1.85. The third-order valence-electron chi connectivity index (χ3n) is 3.35. The summed E-state index contributed by atoms with van der Waals surface area (Å²) in [6, 6.07) is 7.15. The number of nitrogens with zero attached hydrogens (tertiary/aromatic N) is 3. The molecule has 0 saturated carbocycles. The van der Waals surface area contributed by atoms with Crippen molar-refractivity contribution in [1.29, 1.82) is 0 Å². The standard InChI is InChI=1S/C16H15ClN4O3S2/c1-9-5-13(20-24-9)18-14(22)7-25-8-15(23)19-16-21(2)11-4-3-10(17)6-12(11)26-16/h3-6H,7-8H2,1-2H3,(H,18,20,22). The first-order chi connectivity index (χ1) is 12.4. The number of rotatable bonds is 5. The van der Waals surface area contributed by atoms with E-state index in [0.29, 0.717) is 21.4 Å². The lowest BCUT2D eigenvalue weighted by Crippen LogP contribution is -2.17. The first kappa shape index (κ1) is 18.7. The molecule has 0 atom stereocenters. The summed E-state index contributed by atoms with van der Waals surface area (Å²) in [6.45, 7) is 1.74. The van der Waals surface area contributed by atoms with Gasteiger partial charge in [-0.2, -0.15) is 4.99 Å².